The number of hydrogen-bond acceptors (Lipinski definition) is 4. The van der Waals surface area contributed by atoms with Gasteiger partial charge in [0.25, 0.3) is 0 Å². The summed E-state index contributed by atoms with van der Waals surface area (Å²) in [5, 5.41) is 11.1. The molecule has 0 saturated heterocycles. The second-order valence-corrected chi connectivity index (χ2v) is 7.08. The lowest BCUT2D eigenvalue weighted by Gasteiger charge is -2.17. The van der Waals surface area contributed by atoms with E-state index in [2.05, 4.69) is 72.7 Å². The highest BCUT2D eigenvalue weighted by Gasteiger charge is 2.13. The van der Waals surface area contributed by atoms with Gasteiger partial charge in [0.1, 0.15) is 0 Å². The quantitative estimate of drug-likeness (QED) is 0.170. The molecule has 0 spiro atoms. The predicted octanol–water partition coefficient (Wildman–Crippen LogP) is 5.93. The molecule has 0 aliphatic heterocycles. The molecular weight excluding hydrogens is 374 g/mol. The topological polar surface area (TPSA) is 64.4 Å². The van der Waals surface area contributed by atoms with Crippen LogP contribution in [0.1, 0.15) is 41.2 Å². The molecule has 0 unspecified atom stereocenters. The van der Waals surface area contributed by atoms with E-state index in [1.165, 1.54) is 34.2 Å². The molecule has 0 aliphatic rings. The van der Waals surface area contributed by atoms with E-state index in [-0.39, 0.29) is 0 Å². The van der Waals surface area contributed by atoms with Crippen LogP contribution in [0.4, 0.5) is 0 Å². The molecule has 0 heterocycles. The van der Waals surface area contributed by atoms with Crippen LogP contribution in [0.15, 0.2) is 89.4 Å². The van der Waals surface area contributed by atoms with E-state index < -0.39 is 0 Å². The molecule has 0 radical (unpaired) electrons. The fraction of sp³-hybridized carbons (Fsp3) is 0.0800. The number of hydrogen-bond donors (Lipinski definition) is 2. The van der Waals surface area contributed by atoms with Crippen LogP contribution in [-0.2, 0) is 0 Å². The summed E-state index contributed by atoms with van der Waals surface area (Å²) in [7, 11) is 0. The zero-order valence-electron chi connectivity index (χ0n) is 16.5. The number of hydrazone groups is 1. The summed E-state index contributed by atoms with van der Waals surface area (Å²) in [4.78, 5) is 0. The van der Waals surface area contributed by atoms with Crippen LogP contribution in [-0.4, -0.2) is 6.21 Å². The first-order valence-electron chi connectivity index (χ1n) is 9.51. The Morgan fingerprint density at radius 3 is 2.24 bits per heavy atom. The Morgan fingerprint density at radius 2 is 1.59 bits per heavy atom. The average molecular weight is 400 g/mol. The number of rotatable bonds is 7. The minimum absolute atomic E-state index is 0.917. The summed E-state index contributed by atoms with van der Waals surface area (Å²) in [5.74, 6) is 5.37. The standard InChI is InChI=1S/C25H25N3S/c1-2-24(21-8-4-3-5-9-21)25(23-10-6-7-20(17-23)18-28-26)22-13-11-19(12-14-22)15-16-29-27/h3-18H,2,26-27H2,1H3/b16-15+,25-24+,28-18-. The highest BCUT2D eigenvalue weighted by atomic mass is 32.2. The molecule has 146 valence electrons. The lowest BCUT2D eigenvalue weighted by atomic mass is 9.87. The monoisotopic (exact) mass is 399 g/mol. The van der Waals surface area contributed by atoms with Crippen molar-refractivity contribution in [3.63, 3.8) is 0 Å². The fourth-order valence-electron chi connectivity index (χ4n) is 3.42. The fourth-order valence-corrected chi connectivity index (χ4v) is 3.65. The third-order valence-electron chi connectivity index (χ3n) is 4.71. The maximum atomic E-state index is 5.49. The summed E-state index contributed by atoms with van der Waals surface area (Å²) in [6.45, 7) is 2.20. The molecule has 0 saturated carbocycles. The van der Waals surface area contributed by atoms with Crippen molar-refractivity contribution in [1.82, 2.24) is 0 Å². The van der Waals surface area contributed by atoms with Crippen molar-refractivity contribution in [3.05, 3.63) is 112 Å². The van der Waals surface area contributed by atoms with Gasteiger partial charge in [0.2, 0.25) is 0 Å². The van der Waals surface area contributed by atoms with Gasteiger partial charge in [0.05, 0.1) is 6.21 Å². The number of nitrogens with two attached hydrogens (primary N) is 2. The molecule has 3 aromatic rings. The maximum absolute atomic E-state index is 5.49. The van der Waals surface area contributed by atoms with Gasteiger partial charge in [-0.15, -0.1) is 0 Å². The van der Waals surface area contributed by atoms with E-state index in [4.69, 9.17) is 11.0 Å². The van der Waals surface area contributed by atoms with Crippen LogP contribution in [0.25, 0.3) is 17.2 Å². The lowest BCUT2D eigenvalue weighted by Crippen LogP contribution is -1.96. The van der Waals surface area contributed by atoms with Crippen molar-refractivity contribution in [1.29, 1.82) is 0 Å². The van der Waals surface area contributed by atoms with Crippen molar-refractivity contribution < 1.29 is 0 Å². The second kappa shape index (κ2) is 10.5. The van der Waals surface area contributed by atoms with Gasteiger partial charge in [-0.3, -0.25) is 5.14 Å². The van der Waals surface area contributed by atoms with Crippen LogP contribution in [0.5, 0.6) is 0 Å². The number of allylic oxidation sites excluding steroid dienone is 1. The summed E-state index contributed by atoms with van der Waals surface area (Å²) >= 11 is 1.20. The highest BCUT2D eigenvalue weighted by molar-refractivity contribution is 8.00. The Labute approximate surface area is 177 Å². The van der Waals surface area contributed by atoms with Crippen molar-refractivity contribution >= 4 is 35.4 Å². The minimum Gasteiger partial charge on any atom is -0.323 e. The van der Waals surface area contributed by atoms with E-state index in [0.717, 1.165) is 23.1 Å². The molecule has 3 rings (SSSR count). The van der Waals surface area contributed by atoms with E-state index in [9.17, 15) is 0 Å². The lowest BCUT2D eigenvalue weighted by molar-refractivity contribution is 1.24. The SMILES string of the molecule is CC/C(=C(/c1ccc(/C=C/SN)cc1)c1cccc(/C=N\N)c1)c1ccccc1. The summed E-state index contributed by atoms with van der Waals surface area (Å²) in [6.07, 6.45) is 4.60. The molecule has 0 atom stereocenters. The summed E-state index contributed by atoms with van der Waals surface area (Å²) in [6, 6.07) is 27.4. The third kappa shape index (κ3) is 5.25. The highest BCUT2D eigenvalue weighted by Crippen LogP contribution is 2.34. The molecule has 0 aliphatic carbocycles. The van der Waals surface area contributed by atoms with Crippen LogP contribution in [0.2, 0.25) is 0 Å². The van der Waals surface area contributed by atoms with Gasteiger partial charge in [-0.25, -0.2) is 0 Å². The first-order chi connectivity index (χ1) is 14.3. The van der Waals surface area contributed by atoms with Gasteiger partial charge in [-0.2, -0.15) is 5.10 Å². The van der Waals surface area contributed by atoms with E-state index in [0.29, 0.717) is 0 Å². The zero-order chi connectivity index (χ0) is 20.5. The molecule has 4 heteroatoms. The van der Waals surface area contributed by atoms with Crippen molar-refractivity contribution in [2.45, 2.75) is 13.3 Å². The van der Waals surface area contributed by atoms with E-state index >= 15 is 0 Å². The van der Waals surface area contributed by atoms with E-state index in [1.54, 1.807) is 6.21 Å². The molecule has 0 aromatic heterocycles. The molecule has 3 nitrogen and oxygen atoms in total. The molecular formula is C25H25N3S. The molecule has 4 N–H and O–H groups in total. The number of nitrogens with zero attached hydrogens (tertiary/aromatic N) is 1. The Bertz CT molecular complexity index is 1020. The zero-order valence-corrected chi connectivity index (χ0v) is 17.3. The largest absolute Gasteiger partial charge is 0.323 e. The normalized spacial score (nSPS) is 12.5. The first-order valence-corrected chi connectivity index (χ1v) is 10.5. The van der Waals surface area contributed by atoms with Gasteiger partial charge in [-0.1, -0.05) is 91.7 Å². The molecule has 29 heavy (non-hydrogen) atoms. The smallest absolute Gasteiger partial charge is 0.0538 e. The van der Waals surface area contributed by atoms with Gasteiger partial charge < -0.3 is 5.84 Å². The maximum Gasteiger partial charge on any atom is 0.0538 e. The third-order valence-corrected chi connectivity index (χ3v) is 5.01. The first kappa shape index (κ1) is 20.6. The van der Waals surface area contributed by atoms with Crippen LogP contribution in [0.3, 0.4) is 0 Å². The van der Waals surface area contributed by atoms with Crippen molar-refractivity contribution in [2.24, 2.45) is 16.1 Å². The van der Waals surface area contributed by atoms with Crippen molar-refractivity contribution in [2.75, 3.05) is 0 Å². The van der Waals surface area contributed by atoms with Crippen LogP contribution < -0.4 is 11.0 Å². The number of benzene rings is 3. The summed E-state index contributed by atoms with van der Waals surface area (Å²) < 4.78 is 0. The van der Waals surface area contributed by atoms with E-state index in [1.807, 2.05) is 29.7 Å². The van der Waals surface area contributed by atoms with Gasteiger partial charge in [0.15, 0.2) is 0 Å². The minimum atomic E-state index is 0.917. The molecule has 3 aromatic carbocycles. The van der Waals surface area contributed by atoms with Crippen LogP contribution in [0, 0.1) is 0 Å². The Hall–Kier alpha value is -3.08. The average Bonchev–Trinajstić information content (AvgIpc) is 2.77. The molecule has 0 bridgehead atoms. The second-order valence-electron chi connectivity index (χ2n) is 6.54. The van der Waals surface area contributed by atoms with Crippen molar-refractivity contribution in [3.8, 4) is 0 Å². The Balaban J connectivity index is 2.20. The Kier molecular flexibility index (Phi) is 7.45. The molecule has 0 fully saturated rings. The Morgan fingerprint density at radius 1 is 0.862 bits per heavy atom. The van der Waals surface area contributed by atoms with Gasteiger partial charge in [0, 0.05) is 0 Å². The predicted molar refractivity (Wildman–Crippen MR) is 128 cm³/mol. The summed E-state index contributed by atoms with van der Waals surface area (Å²) in [5.41, 5.74) is 8.15. The molecule has 0 amide bonds. The van der Waals surface area contributed by atoms with Gasteiger partial charge in [-0.05, 0) is 62.9 Å². The van der Waals surface area contributed by atoms with Gasteiger partial charge >= 0.3 is 0 Å². The van der Waals surface area contributed by atoms with Crippen LogP contribution >= 0.6 is 11.9 Å².